The van der Waals surface area contributed by atoms with Gasteiger partial charge in [0.25, 0.3) is 0 Å². The second-order valence-corrected chi connectivity index (χ2v) is 7.46. The van der Waals surface area contributed by atoms with Crippen LogP contribution in [0.2, 0.25) is 5.02 Å². The van der Waals surface area contributed by atoms with E-state index in [2.05, 4.69) is 27.4 Å². The molecule has 2 heterocycles. The Balaban J connectivity index is 1.50. The van der Waals surface area contributed by atoms with Crippen molar-refractivity contribution in [2.75, 3.05) is 5.32 Å². The predicted octanol–water partition coefficient (Wildman–Crippen LogP) is 6.15. The van der Waals surface area contributed by atoms with Crippen molar-refractivity contribution < 1.29 is 4.79 Å². The van der Waals surface area contributed by atoms with E-state index in [-0.39, 0.29) is 5.91 Å². The first-order valence-electron chi connectivity index (χ1n) is 9.69. The molecule has 0 saturated heterocycles. The lowest BCUT2D eigenvalue weighted by Crippen LogP contribution is -2.12. The number of H-pyrrole nitrogens is 1. The molecule has 4 rings (SSSR count). The second kappa shape index (κ2) is 8.50. The predicted molar refractivity (Wildman–Crippen MR) is 119 cm³/mol. The molecule has 146 valence electrons. The summed E-state index contributed by atoms with van der Waals surface area (Å²) in [6.07, 6.45) is 3.77. The summed E-state index contributed by atoms with van der Waals surface area (Å²) in [6.45, 7) is 1.91. The lowest BCUT2D eigenvalue weighted by Gasteiger charge is -2.10. The highest BCUT2D eigenvalue weighted by Crippen LogP contribution is 2.30. The lowest BCUT2D eigenvalue weighted by atomic mass is 10.0. The molecule has 29 heavy (non-hydrogen) atoms. The zero-order valence-electron chi connectivity index (χ0n) is 16.2. The van der Waals surface area contributed by atoms with Crippen LogP contribution in [-0.4, -0.2) is 15.9 Å². The van der Waals surface area contributed by atoms with Crippen LogP contribution in [0, 0.1) is 6.92 Å². The third kappa shape index (κ3) is 4.17. The standard InChI is InChI=1S/C24H22ClN3O/c1-16-19(25)10-7-13-20(16)27-23(29)14-6-9-18-17-8-2-3-11-21(17)28-24(18)22-12-4-5-15-26-22/h2-5,7-8,10-13,15,28H,6,9,14H2,1H3,(H,27,29). The van der Waals surface area contributed by atoms with Gasteiger partial charge in [0.2, 0.25) is 5.91 Å². The minimum Gasteiger partial charge on any atom is -0.353 e. The molecule has 0 spiro atoms. The zero-order valence-corrected chi connectivity index (χ0v) is 17.0. The van der Waals surface area contributed by atoms with Crippen LogP contribution in [0.3, 0.4) is 0 Å². The number of nitrogens with one attached hydrogen (secondary N) is 2. The smallest absolute Gasteiger partial charge is 0.224 e. The second-order valence-electron chi connectivity index (χ2n) is 7.05. The van der Waals surface area contributed by atoms with E-state index in [1.165, 1.54) is 10.9 Å². The Morgan fingerprint density at radius 3 is 2.72 bits per heavy atom. The minimum absolute atomic E-state index is 0.00501. The Labute approximate surface area is 174 Å². The van der Waals surface area contributed by atoms with Gasteiger partial charge in [-0.1, -0.05) is 41.9 Å². The van der Waals surface area contributed by atoms with Crippen molar-refractivity contribution in [1.82, 2.24) is 9.97 Å². The highest BCUT2D eigenvalue weighted by Gasteiger charge is 2.14. The van der Waals surface area contributed by atoms with E-state index in [4.69, 9.17) is 11.6 Å². The topological polar surface area (TPSA) is 57.8 Å². The van der Waals surface area contributed by atoms with Crippen molar-refractivity contribution in [3.8, 4) is 11.4 Å². The third-order valence-corrected chi connectivity index (χ3v) is 5.52. The maximum absolute atomic E-state index is 12.4. The van der Waals surface area contributed by atoms with Crippen LogP contribution in [0.1, 0.15) is 24.0 Å². The molecule has 0 atom stereocenters. The number of fused-ring (bicyclic) bond motifs is 1. The maximum atomic E-state index is 12.4. The van der Waals surface area contributed by atoms with E-state index in [0.29, 0.717) is 11.4 Å². The Bertz CT molecular complexity index is 1150. The molecule has 0 unspecified atom stereocenters. The van der Waals surface area contributed by atoms with Gasteiger partial charge in [0, 0.05) is 34.2 Å². The Kier molecular flexibility index (Phi) is 5.63. The van der Waals surface area contributed by atoms with Gasteiger partial charge in [-0.15, -0.1) is 0 Å². The number of carbonyl (C=O) groups excluding carboxylic acids is 1. The van der Waals surface area contributed by atoms with Crippen LogP contribution in [-0.2, 0) is 11.2 Å². The van der Waals surface area contributed by atoms with Crippen LogP contribution in [0.15, 0.2) is 66.9 Å². The molecule has 4 nitrogen and oxygen atoms in total. The number of rotatable bonds is 6. The molecule has 0 aliphatic rings. The van der Waals surface area contributed by atoms with Gasteiger partial charge in [0.05, 0.1) is 11.4 Å². The van der Waals surface area contributed by atoms with E-state index >= 15 is 0 Å². The van der Waals surface area contributed by atoms with Crippen molar-refractivity contribution >= 4 is 34.1 Å². The van der Waals surface area contributed by atoms with Crippen LogP contribution in [0.25, 0.3) is 22.3 Å². The van der Waals surface area contributed by atoms with Crippen LogP contribution in [0.5, 0.6) is 0 Å². The number of halogens is 1. The number of pyridine rings is 1. The van der Waals surface area contributed by atoms with Crippen molar-refractivity contribution in [2.24, 2.45) is 0 Å². The van der Waals surface area contributed by atoms with Crippen molar-refractivity contribution in [3.63, 3.8) is 0 Å². The summed E-state index contributed by atoms with van der Waals surface area (Å²) < 4.78 is 0. The minimum atomic E-state index is -0.00501. The van der Waals surface area contributed by atoms with Gasteiger partial charge in [-0.2, -0.15) is 0 Å². The number of nitrogens with zero attached hydrogens (tertiary/aromatic N) is 1. The molecule has 5 heteroatoms. The van der Waals surface area contributed by atoms with Crippen LogP contribution < -0.4 is 5.32 Å². The van der Waals surface area contributed by atoms with Gasteiger partial charge in [-0.3, -0.25) is 9.78 Å². The number of amides is 1. The van der Waals surface area contributed by atoms with Gasteiger partial charge in [0.1, 0.15) is 0 Å². The summed E-state index contributed by atoms with van der Waals surface area (Å²) in [6, 6.07) is 19.7. The molecule has 0 saturated carbocycles. The lowest BCUT2D eigenvalue weighted by molar-refractivity contribution is -0.116. The number of hydrogen-bond acceptors (Lipinski definition) is 2. The number of hydrogen-bond donors (Lipinski definition) is 2. The summed E-state index contributed by atoms with van der Waals surface area (Å²) in [4.78, 5) is 20.4. The average Bonchev–Trinajstić information content (AvgIpc) is 3.11. The first kappa shape index (κ1) is 19.2. The maximum Gasteiger partial charge on any atom is 0.224 e. The molecule has 0 fully saturated rings. The normalized spacial score (nSPS) is 11.0. The Morgan fingerprint density at radius 2 is 1.90 bits per heavy atom. The van der Waals surface area contributed by atoms with E-state index in [1.807, 2.05) is 55.5 Å². The van der Waals surface area contributed by atoms with E-state index < -0.39 is 0 Å². The molecule has 2 aromatic heterocycles. The van der Waals surface area contributed by atoms with Crippen molar-refractivity contribution in [3.05, 3.63) is 83.0 Å². The number of aryl methyl sites for hydroxylation is 1. The number of anilines is 1. The van der Waals surface area contributed by atoms with Gasteiger partial charge in [-0.25, -0.2) is 0 Å². The Hall–Kier alpha value is -3.11. The summed E-state index contributed by atoms with van der Waals surface area (Å²) in [5, 5.41) is 4.81. The Morgan fingerprint density at radius 1 is 1.07 bits per heavy atom. The molecule has 0 aliphatic heterocycles. The summed E-state index contributed by atoms with van der Waals surface area (Å²) >= 11 is 6.14. The summed E-state index contributed by atoms with van der Waals surface area (Å²) in [7, 11) is 0. The first-order valence-corrected chi connectivity index (χ1v) is 10.1. The van der Waals surface area contributed by atoms with E-state index in [0.717, 1.165) is 41.0 Å². The largest absolute Gasteiger partial charge is 0.353 e. The number of benzene rings is 2. The van der Waals surface area contributed by atoms with Crippen molar-refractivity contribution in [2.45, 2.75) is 26.2 Å². The molecule has 4 aromatic rings. The molecule has 2 aromatic carbocycles. The highest BCUT2D eigenvalue weighted by molar-refractivity contribution is 6.31. The molecule has 1 amide bonds. The summed E-state index contributed by atoms with van der Waals surface area (Å²) in [5.74, 6) is -0.00501. The quantitative estimate of drug-likeness (QED) is 0.405. The molecule has 2 N–H and O–H groups in total. The SMILES string of the molecule is Cc1c(Cl)cccc1NC(=O)CCCc1c(-c2ccccn2)[nH]c2ccccc12. The molecular weight excluding hydrogens is 382 g/mol. The van der Waals surface area contributed by atoms with Gasteiger partial charge in [-0.05, 0) is 61.2 Å². The number of aromatic amines is 1. The van der Waals surface area contributed by atoms with Gasteiger partial charge < -0.3 is 10.3 Å². The number of aromatic nitrogens is 2. The van der Waals surface area contributed by atoms with Crippen LogP contribution >= 0.6 is 11.6 Å². The monoisotopic (exact) mass is 403 g/mol. The van der Waals surface area contributed by atoms with E-state index in [9.17, 15) is 4.79 Å². The van der Waals surface area contributed by atoms with E-state index in [1.54, 1.807) is 6.20 Å². The average molecular weight is 404 g/mol. The van der Waals surface area contributed by atoms with Gasteiger partial charge >= 0.3 is 0 Å². The number of carbonyl (C=O) groups is 1. The fourth-order valence-corrected chi connectivity index (χ4v) is 3.74. The third-order valence-electron chi connectivity index (χ3n) is 5.11. The van der Waals surface area contributed by atoms with Crippen LogP contribution in [0.4, 0.5) is 5.69 Å². The zero-order chi connectivity index (χ0) is 20.2. The van der Waals surface area contributed by atoms with Gasteiger partial charge in [0.15, 0.2) is 0 Å². The fraction of sp³-hybridized carbons (Fsp3) is 0.167. The first-order chi connectivity index (χ1) is 14.1. The number of para-hydroxylation sites is 1. The highest BCUT2D eigenvalue weighted by atomic mass is 35.5. The molecular formula is C24H22ClN3O. The van der Waals surface area contributed by atoms with Crippen molar-refractivity contribution in [1.29, 1.82) is 0 Å². The fourth-order valence-electron chi connectivity index (χ4n) is 3.57. The molecule has 0 bridgehead atoms. The molecule has 0 radical (unpaired) electrons. The summed E-state index contributed by atoms with van der Waals surface area (Å²) in [5.41, 5.74) is 5.88. The molecule has 0 aliphatic carbocycles.